The second-order valence-corrected chi connectivity index (χ2v) is 3.82. The molecule has 0 saturated carbocycles. The van der Waals surface area contributed by atoms with Crippen molar-refractivity contribution in [1.29, 1.82) is 5.26 Å². The first-order valence-electron chi connectivity index (χ1n) is 5.76. The molecule has 0 atom stereocenters. The standard InChI is InChI=1S/C13H16ClNO3/c1-3-16-13(17-4-2)9-18-12-6-5-10(8-15)7-11(12)14/h5-7,13H,3-4,9H2,1-2H3. The van der Waals surface area contributed by atoms with Gasteiger partial charge in [-0.25, -0.2) is 0 Å². The second kappa shape index (κ2) is 7.93. The number of nitrogens with zero attached hydrogens (tertiary/aromatic N) is 1. The molecule has 0 saturated heterocycles. The fraction of sp³-hybridized carbons (Fsp3) is 0.462. The Balaban J connectivity index is 2.59. The van der Waals surface area contributed by atoms with Gasteiger partial charge in [0.15, 0.2) is 6.29 Å². The van der Waals surface area contributed by atoms with E-state index in [0.29, 0.717) is 29.5 Å². The van der Waals surface area contributed by atoms with Crippen molar-refractivity contribution in [2.75, 3.05) is 19.8 Å². The molecule has 1 rings (SSSR count). The molecule has 5 heteroatoms. The molecule has 0 aliphatic heterocycles. The molecule has 0 aliphatic rings. The summed E-state index contributed by atoms with van der Waals surface area (Å²) in [4.78, 5) is 0. The zero-order chi connectivity index (χ0) is 13.4. The van der Waals surface area contributed by atoms with Gasteiger partial charge in [0, 0.05) is 13.2 Å². The van der Waals surface area contributed by atoms with E-state index >= 15 is 0 Å². The highest BCUT2D eigenvalue weighted by Crippen LogP contribution is 2.25. The van der Waals surface area contributed by atoms with Crippen LogP contribution in [0.2, 0.25) is 5.02 Å². The summed E-state index contributed by atoms with van der Waals surface area (Å²) in [5.41, 5.74) is 0.499. The lowest BCUT2D eigenvalue weighted by Crippen LogP contribution is -2.25. The van der Waals surface area contributed by atoms with Crippen molar-refractivity contribution in [2.45, 2.75) is 20.1 Å². The first-order chi connectivity index (χ1) is 8.71. The highest BCUT2D eigenvalue weighted by atomic mass is 35.5. The average molecular weight is 270 g/mol. The molecule has 0 unspecified atom stereocenters. The molecule has 0 heterocycles. The van der Waals surface area contributed by atoms with Crippen molar-refractivity contribution < 1.29 is 14.2 Å². The van der Waals surface area contributed by atoms with Crippen LogP contribution in [0.3, 0.4) is 0 Å². The fourth-order valence-electron chi connectivity index (χ4n) is 1.36. The Morgan fingerprint density at radius 3 is 2.44 bits per heavy atom. The Morgan fingerprint density at radius 2 is 1.94 bits per heavy atom. The lowest BCUT2D eigenvalue weighted by molar-refractivity contribution is -0.152. The topological polar surface area (TPSA) is 51.5 Å². The maximum absolute atomic E-state index is 8.72. The van der Waals surface area contributed by atoms with Crippen molar-refractivity contribution in [3.05, 3.63) is 28.8 Å². The van der Waals surface area contributed by atoms with Crippen LogP contribution in [0, 0.1) is 11.3 Å². The average Bonchev–Trinajstić information content (AvgIpc) is 2.37. The maximum Gasteiger partial charge on any atom is 0.191 e. The summed E-state index contributed by atoms with van der Waals surface area (Å²) in [5, 5.41) is 9.13. The van der Waals surface area contributed by atoms with Crippen molar-refractivity contribution >= 4 is 11.6 Å². The molecular weight excluding hydrogens is 254 g/mol. The molecule has 0 aliphatic carbocycles. The van der Waals surface area contributed by atoms with Gasteiger partial charge in [-0.3, -0.25) is 0 Å². The number of benzene rings is 1. The second-order valence-electron chi connectivity index (χ2n) is 3.41. The van der Waals surface area contributed by atoms with Crippen LogP contribution >= 0.6 is 11.6 Å². The zero-order valence-electron chi connectivity index (χ0n) is 10.5. The number of halogens is 1. The summed E-state index contributed by atoms with van der Waals surface area (Å²) in [5.74, 6) is 0.514. The van der Waals surface area contributed by atoms with Gasteiger partial charge in [0.05, 0.1) is 16.7 Å². The third kappa shape index (κ3) is 4.53. The van der Waals surface area contributed by atoms with Crippen molar-refractivity contribution in [1.82, 2.24) is 0 Å². The van der Waals surface area contributed by atoms with E-state index < -0.39 is 6.29 Å². The molecule has 0 fully saturated rings. The van der Waals surface area contributed by atoms with Gasteiger partial charge in [-0.1, -0.05) is 11.6 Å². The number of nitriles is 1. The summed E-state index contributed by atoms with van der Waals surface area (Å²) in [6.07, 6.45) is -0.410. The van der Waals surface area contributed by atoms with E-state index in [1.165, 1.54) is 0 Å². The Kier molecular flexibility index (Phi) is 6.51. The normalized spacial score (nSPS) is 10.4. The fourth-order valence-corrected chi connectivity index (χ4v) is 1.60. The molecule has 0 spiro atoms. The first kappa shape index (κ1) is 14.8. The van der Waals surface area contributed by atoms with E-state index in [4.69, 9.17) is 31.1 Å². The molecule has 0 bridgehead atoms. The molecule has 98 valence electrons. The van der Waals surface area contributed by atoms with E-state index in [0.717, 1.165) is 0 Å². The van der Waals surface area contributed by atoms with Gasteiger partial charge in [-0.15, -0.1) is 0 Å². The number of hydrogen-bond acceptors (Lipinski definition) is 4. The molecule has 18 heavy (non-hydrogen) atoms. The van der Waals surface area contributed by atoms with Crippen molar-refractivity contribution in [3.63, 3.8) is 0 Å². The van der Waals surface area contributed by atoms with Crippen LogP contribution in [-0.2, 0) is 9.47 Å². The number of hydrogen-bond donors (Lipinski definition) is 0. The molecule has 4 nitrogen and oxygen atoms in total. The lowest BCUT2D eigenvalue weighted by Gasteiger charge is -2.17. The summed E-state index contributed by atoms with van der Waals surface area (Å²) in [7, 11) is 0. The summed E-state index contributed by atoms with van der Waals surface area (Å²) >= 11 is 5.99. The minimum absolute atomic E-state index is 0.257. The monoisotopic (exact) mass is 269 g/mol. The summed E-state index contributed by atoms with van der Waals surface area (Å²) in [6.45, 7) is 5.14. The van der Waals surface area contributed by atoms with E-state index in [-0.39, 0.29) is 6.61 Å². The molecule has 0 N–H and O–H groups in total. The third-order valence-corrected chi connectivity index (χ3v) is 2.44. The van der Waals surface area contributed by atoms with Crippen LogP contribution in [0.15, 0.2) is 18.2 Å². The Bertz CT molecular complexity index is 411. The van der Waals surface area contributed by atoms with Gasteiger partial charge < -0.3 is 14.2 Å². The van der Waals surface area contributed by atoms with Gasteiger partial charge >= 0.3 is 0 Å². The van der Waals surface area contributed by atoms with E-state index in [1.54, 1.807) is 18.2 Å². The highest BCUT2D eigenvalue weighted by Gasteiger charge is 2.10. The first-order valence-corrected chi connectivity index (χ1v) is 6.14. The van der Waals surface area contributed by atoms with E-state index in [1.807, 2.05) is 19.9 Å². The maximum atomic E-state index is 8.72. The van der Waals surface area contributed by atoms with Crippen LogP contribution in [0.5, 0.6) is 5.75 Å². The quantitative estimate of drug-likeness (QED) is 0.714. The van der Waals surface area contributed by atoms with Crippen LogP contribution in [0.1, 0.15) is 19.4 Å². The van der Waals surface area contributed by atoms with Crippen LogP contribution < -0.4 is 4.74 Å². The van der Waals surface area contributed by atoms with Crippen molar-refractivity contribution in [3.8, 4) is 11.8 Å². The van der Waals surface area contributed by atoms with Crippen LogP contribution in [0.4, 0.5) is 0 Å². The Labute approximate surface area is 112 Å². The largest absolute Gasteiger partial charge is 0.487 e. The van der Waals surface area contributed by atoms with Crippen LogP contribution in [-0.4, -0.2) is 26.1 Å². The Morgan fingerprint density at radius 1 is 1.28 bits per heavy atom. The number of ether oxygens (including phenoxy) is 3. The van der Waals surface area contributed by atoms with Gasteiger partial charge in [-0.05, 0) is 32.0 Å². The molecular formula is C13H16ClNO3. The molecule has 1 aromatic rings. The van der Waals surface area contributed by atoms with Crippen LogP contribution in [0.25, 0.3) is 0 Å². The predicted octanol–water partition coefficient (Wildman–Crippen LogP) is 2.99. The molecule has 1 aromatic carbocycles. The molecule has 0 amide bonds. The smallest absolute Gasteiger partial charge is 0.191 e. The predicted molar refractivity (Wildman–Crippen MR) is 68.7 cm³/mol. The summed E-state index contributed by atoms with van der Waals surface area (Å²) in [6, 6.07) is 6.89. The molecule has 0 aromatic heterocycles. The van der Waals surface area contributed by atoms with Gasteiger partial charge in [0.2, 0.25) is 0 Å². The summed E-state index contributed by atoms with van der Waals surface area (Å²) < 4.78 is 16.2. The van der Waals surface area contributed by atoms with Gasteiger partial charge in [-0.2, -0.15) is 5.26 Å². The minimum Gasteiger partial charge on any atom is -0.487 e. The van der Waals surface area contributed by atoms with E-state index in [9.17, 15) is 0 Å². The van der Waals surface area contributed by atoms with Gasteiger partial charge in [0.1, 0.15) is 12.4 Å². The minimum atomic E-state index is -0.410. The van der Waals surface area contributed by atoms with Gasteiger partial charge in [0.25, 0.3) is 0 Å². The van der Waals surface area contributed by atoms with E-state index in [2.05, 4.69) is 0 Å². The third-order valence-electron chi connectivity index (χ3n) is 2.14. The zero-order valence-corrected chi connectivity index (χ0v) is 11.2. The van der Waals surface area contributed by atoms with Crippen molar-refractivity contribution in [2.24, 2.45) is 0 Å². The molecule has 0 radical (unpaired) electrons. The Hall–Kier alpha value is -1.28. The number of rotatable bonds is 7. The SMILES string of the molecule is CCOC(COc1ccc(C#N)cc1Cl)OCC. The highest BCUT2D eigenvalue weighted by molar-refractivity contribution is 6.32. The lowest BCUT2D eigenvalue weighted by atomic mass is 10.2.